The summed E-state index contributed by atoms with van der Waals surface area (Å²) in [6.07, 6.45) is 1.58. The van der Waals surface area contributed by atoms with E-state index in [2.05, 4.69) is 10.3 Å². The maximum atomic E-state index is 12.8. The molecule has 2 aromatic heterocycles. The Bertz CT molecular complexity index is 1100. The zero-order chi connectivity index (χ0) is 19.0. The predicted molar refractivity (Wildman–Crippen MR) is 100 cm³/mol. The Morgan fingerprint density at radius 1 is 1.22 bits per heavy atom. The van der Waals surface area contributed by atoms with Crippen molar-refractivity contribution in [3.8, 4) is 11.5 Å². The first kappa shape index (κ1) is 17.1. The monoisotopic (exact) mass is 365 g/mol. The molecule has 7 nitrogen and oxygen atoms in total. The van der Waals surface area contributed by atoms with Gasteiger partial charge >= 0.3 is 0 Å². The van der Waals surface area contributed by atoms with Gasteiger partial charge in [0, 0.05) is 25.0 Å². The molecule has 0 unspecified atom stereocenters. The van der Waals surface area contributed by atoms with E-state index in [1.807, 2.05) is 30.5 Å². The van der Waals surface area contributed by atoms with Crippen LogP contribution in [-0.4, -0.2) is 22.3 Å². The Kier molecular flexibility index (Phi) is 4.27. The van der Waals surface area contributed by atoms with E-state index in [0.29, 0.717) is 29.1 Å². The zero-order valence-corrected chi connectivity index (χ0v) is 15.1. The van der Waals surface area contributed by atoms with Gasteiger partial charge in [-0.15, -0.1) is 0 Å². The molecule has 1 aliphatic rings. The lowest BCUT2D eigenvalue weighted by Crippen LogP contribution is -2.29. The molecule has 3 aromatic rings. The molecule has 1 amide bonds. The summed E-state index contributed by atoms with van der Waals surface area (Å²) in [7, 11) is 0. The standard InChI is InChI=1S/C20H19N3O4/c1-3-23-10-15(18(24)14-6-4-12(2)22-19(14)23)20(25)21-9-13-5-7-16-17(8-13)27-11-26-16/h4-8,10H,3,9,11H2,1-2H3,(H,21,25). The summed E-state index contributed by atoms with van der Waals surface area (Å²) < 4.78 is 12.4. The Balaban J connectivity index is 1.62. The van der Waals surface area contributed by atoms with Crippen LogP contribution >= 0.6 is 0 Å². The van der Waals surface area contributed by atoms with Crippen LogP contribution in [0.4, 0.5) is 0 Å². The molecule has 3 heterocycles. The number of pyridine rings is 2. The molecule has 0 saturated carbocycles. The molecule has 27 heavy (non-hydrogen) atoms. The molecule has 1 N–H and O–H groups in total. The summed E-state index contributed by atoms with van der Waals surface area (Å²) in [5.41, 5.74) is 2.07. The predicted octanol–water partition coefficient (Wildman–Crippen LogP) is 2.38. The van der Waals surface area contributed by atoms with Crippen LogP contribution in [0.25, 0.3) is 11.0 Å². The highest BCUT2D eigenvalue weighted by Gasteiger charge is 2.17. The van der Waals surface area contributed by atoms with Crippen LogP contribution in [-0.2, 0) is 13.1 Å². The van der Waals surface area contributed by atoms with Crippen LogP contribution in [0.5, 0.6) is 11.5 Å². The highest BCUT2D eigenvalue weighted by Crippen LogP contribution is 2.32. The molecule has 0 atom stereocenters. The van der Waals surface area contributed by atoms with Crippen molar-refractivity contribution >= 4 is 16.9 Å². The lowest BCUT2D eigenvalue weighted by Gasteiger charge is -2.12. The van der Waals surface area contributed by atoms with Crippen LogP contribution in [0, 0.1) is 6.92 Å². The highest BCUT2D eigenvalue weighted by atomic mass is 16.7. The number of hydrogen-bond donors (Lipinski definition) is 1. The minimum absolute atomic E-state index is 0.107. The number of amides is 1. The van der Waals surface area contributed by atoms with Gasteiger partial charge in [0.05, 0.1) is 5.39 Å². The lowest BCUT2D eigenvalue weighted by atomic mass is 10.1. The number of fused-ring (bicyclic) bond motifs is 2. The van der Waals surface area contributed by atoms with E-state index in [9.17, 15) is 9.59 Å². The van der Waals surface area contributed by atoms with Crippen molar-refractivity contribution in [1.82, 2.24) is 14.9 Å². The zero-order valence-electron chi connectivity index (χ0n) is 15.1. The number of aromatic nitrogens is 2. The van der Waals surface area contributed by atoms with Gasteiger partial charge in [0.15, 0.2) is 11.5 Å². The first-order valence-corrected chi connectivity index (χ1v) is 8.74. The number of nitrogens with one attached hydrogen (secondary N) is 1. The average molecular weight is 365 g/mol. The third-order valence-corrected chi connectivity index (χ3v) is 4.54. The van der Waals surface area contributed by atoms with Gasteiger partial charge in [-0.25, -0.2) is 4.98 Å². The van der Waals surface area contributed by atoms with Gasteiger partial charge in [0.2, 0.25) is 12.2 Å². The first-order chi connectivity index (χ1) is 13.1. The van der Waals surface area contributed by atoms with E-state index >= 15 is 0 Å². The van der Waals surface area contributed by atoms with Crippen molar-refractivity contribution in [2.75, 3.05) is 6.79 Å². The van der Waals surface area contributed by atoms with Gasteiger partial charge in [-0.2, -0.15) is 0 Å². The maximum absolute atomic E-state index is 12.8. The second-order valence-electron chi connectivity index (χ2n) is 6.35. The SMILES string of the molecule is CCn1cc(C(=O)NCc2ccc3c(c2)OCO3)c(=O)c2ccc(C)nc21. The van der Waals surface area contributed by atoms with E-state index in [-0.39, 0.29) is 24.3 Å². The number of benzene rings is 1. The number of hydrogen-bond acceptors (Lipinski definition) is 5. The summed E-state index contributed by atoms with van der Waals surface area (Å²) in [5.74, 6) is 0.929. The summed E-state index contributed by atoms with van der Waals surface area (Å²) in [6.45, 7) is 4.91. The molecule has 4 rings (SSSR count). The van der Waals surface area contributed by atoms with Crippen molar-refractivity contribution < 1.29 is 14.3 Å². The van der Waals surface area contributed by atoms with Crippen LogP contribution < -0.4 is 20.2 Å². The number of carbonyl (C=O) groups is 1. The van der Waals surface area contributed by atoms with E-state index < -0.39 is 5.91 Å². The minimum Gasteiger partial charge on any atom is -0.454 e. The quantitative estimate of drug-likeness (QED) is 0.768. The molecule has 1 aliphatic heterocycles. The Morgan fingerprint density at radius 3 is 2.85 bits per heavy atom. The molecule has 138 valence electrons. The fourth-order valence-corrected chi connectivity index (χ4v) is 3.09. The smallest absolute Gasteiger partial charge is 0.257 e. The number of ether oxygens (including phenoxy) is 2. The van der Waals surface area contributed by atoms with Gasteiger partial charge in [-0.1, -0.05) is 6.07 Å². The summed E-state index contributed by atoms with van der Waals surface area (Å²) in [4.78, 5) is 29.9. The van der Waals surface area contributed by atoms with Crippen LogP contribution in [0.1, 0.15) is 28.5 Å². The van der Waals surface area contributed by atoms with E-state index in [0.717, 1.165) is 11.3 Å². The Morgan fingerprint density at radius 2 is 2.04 bits per heavy atom. The molecular formula is C20H19N3O4. The molecule has 0 saturated heterocycles. The fraction of sp³-hybridized carbons (Fsp3) is 0.250. The topological polar surface area (TPSA) is 82.5 Å². The normalized spacial score (nSPS) is 12.4. The van der Waals surface area contributed by atoms with Crippen molar-refractivity contribution in [1.29, 1.82) is 0 Å². The minimum atomic E-state index is -0.414. The van der Waals surface area contributed by atoms with E-state index in [4.69, 9.17) is 9.47 Å². The second kappa shape index (κ2) is 6.75. The van der Waals surface area contributed by atoms with Crippen molar-refractivity contribution in [2.45, 2.75) is 26.9 Å². The molecule has 7 heteroatoms. The Labute approximate surface area is 155 Å². The summed E-state index contributed by atoms with van der Waals surface area (Å²) >= 11 is 0. The molecule has 0 radical (unpaired) electrons. The molecule has 0 fully saturated rings. The van der Waals surface area contributed by atoms with Gasteiger partial charge in [-0.05, 0) is 43.7 Å². The highest BCUT2D eigenvalue weighted by molar-refractivity contribution is 5.96. The lowest BCUT2D eigenvalue weighted by molar-refractivity contribution is 0.0949. The van der Waals surface area contributed by atoms with Gasteiger partial charge < -0.3 is 19.4 Å². The summed E-state index contributed by atoms with van der Waals surface area (Å²) in [5, 5.41) is 3.25. The van der Waals surface area contributed by atoms with Gasteiger partial charge in [-0.3, -0.25) is 9.59 Å². The average Bonchev–Trinajstić information content (AvgIpc) is 3.14. The molecular weight excluding hydrogens is 346 g/mol. The molecule has 1 aromatic carbocycles. The van der Waals surface area contributed by atoms with E-state index in [1.54, 1.807) is 24.4 Å². The number of carbonyl (C=O) groups excluding carboxylic acids is 1. The number of aryl methyl sites for hydroxylation is 2. The number of rotatable bonds is 4. The molecule has 0 bridgehead atoms. The van der Waals surface area contributed by atoms with Gasteiger partial charge in [0.25, 0.3) is 5.91 Å². The third kappa shape index (κ3) is 3.12. The largest absolute Gasteiger partial charge is 0.454 e. The van der Waals surface area contributed by atoms with Gasteiger partial charge in [0.1, 0.15) is 11.2 Å². The first-order valence-electron chi connectivity index (χ1n) is 8.74. The van der Waals surface area contributed by atoms with Crippen LogP contribution in [0.15, 0.2) is 41.3 Å². The number of nitrogens with zero attached hydrogens (tertiary/aromatic N) is 2. The second-order valence-corrected chi connectivity index (χ2v) is 6.35. The van der Waals surface area contributed by atoms with E-state index in [1.165, 1.54) is 0 Å². The maximum Gasteiger partial charge on any atom is 0.257 e. The van der Waals surface area contributed by atoms with Crippen molar-refractivity contribution in [2.24, 2.45) is 0 Å². The Hall–Kier alpha value is -3.35. The molecule has 0 aliphatic carbocycles. The van der Waals surface area contributed by atoms with Crippen LogP contribution in [0.2, 0.25) is 0 Å². The summed E-state index contributed by atoms with van der Waals surface area (Å²) in [6, 6.07) is 8.97. The molecule has 0 spiro atoms. The van der Waals surface area contributed by atoms with Crippen LogP contribution in [0.3, 0.4) is 0 Å². The van der Waals surface area contributed by atoms with Crippen molar-refractivity contribution in [3.05, 3.63) is 63.6 Å². The van der Waals surface area contributed by atoms with Crippen molar-refractivity contribution in [3.63, 3.8) is 0 Å². The third-order valence-electron chi connectivity index (χ3n) is 4.54. The fourth-order valence-electron chi connectivity index (χ4n) is 3.09.